The van der Waals surface area contributed by atoms with E-state index in [1.54, 1.807) is 16.4 Å². The molecule has 6 heteroatoms. The summed E-state index contributed by atoms with van der Waals surface area (Å²) in [6, 6.07) is 15.8. The molecule has 2 aliphatic rings. The van der Waals surface area contributed by atoms with Crippen LogP contribution in [0.25, 0.3) is 0 Å². The van der Waals surface area contributed by atoms with Crippen LogP contribution in [0.2, 0.25) is 0 Å². The van der Waals surface area contributed by atoms with Crippen LogP contribution in [0.3, 0.4) is 0 Å². The smallest absolute Gasteiger partial charge is 0.243 e. The summed E-state index contributed by atoms with van der Waals surface area (Å²) in [6.45, 7) is 6.31. The zero-order valence-electron chi connectivity index (χ0n) is 18.5. The maximum atomic E-state index is 13.1. The summed E-state index contributed by atoms with van der Waals surface area (Å²) < 4.78 is 27.6. The average molecular weight is 441 g/mol. The number of likely N-dealkylation sites (tertiary alicyclic amines) is 1. The molecule has 2 saturated heterocycles. The second kappa shape index (κ2) is 9.13. The fraction of sp³-hybridized carbons (Fsp3) is 0.480. The maximum Gasteiger partial charge on any atom is 0.243 e. The van der Waals surface area contributed by atoms with Crippen LogP contribution in [0.15, 0.2) is 53.4 Å². The van der Waals surface area contributed by atoms with Gasteiger partial charge < -0.3 is 4.90 Å². The number of piperidine rings is 2. The van der Waals surface area contributed by atoms with E-state index in [0.717, 1.165) is 37.1 Å². The molecule has 166 valence electrons. The molecule has 2 aromatic carbocycles. The Bertz CT molecular complexity index is 1020. The van der Waals surface area contributed by atoms with Gasteiger partial charge in [-0.3, -0.25) is 4.79 Å². The first-order chi connectivity index (χ1) is 14.9. The van der Waals surface area contributed by atoms with E-state index >= 15 is 0 Å². The van der Waals surface area contributed by atoms with Gasteiger partial charge in [-0.2, -0.15) is 4.31 Å². The Kier molecular flexibility index (Phi) is 6.49. The number of hydrogen-bond acceptors (Lipinski definition) is 3. The van der Waals surface area contributed by atoms with E-state index in [0.29, 0.717) is 36.7 Å². The fourth-order valence-electron chi connectivity index (χ4n) is 4.78. The molecule has 0 spiro atoms. The van der Waals surface area contributed by atoms with Crippen molar-refractivity contribution in [3.63, 3.8) is 0 Å². The fourth-order valence-corrected chi connectivity index (χ4v) is 6.34. The van der Waals surface area contributed by atoms with Crippen LogP contribution in [0, 0.1) is 19.8 Å². The summed E-state index contributed by atoms with van der Waals surface area (Å²) in [5.74, 6) is 0.657. The summed E-state index contributed by atoms with van der Waals surface area (Å²) in [5.41, 5.74) is 3.42. The predicted molar refractivity (Wildman–Crippen MR) is 122 cm³/mol. The van der Waals surface area contributed by atoms with Gasteiger partial charge in [-0.25, -0.2) is 8.42 Å². The molecule has 0 aromatic heterocycles. The van der Waals surface area contributed by atoms with E-state index in [4.69, 9.17) is 0 Å². The molecule has 0 unspecified atom stereocenters. The van der Waals surface area contributed by atoms with E-state index < -0.39 is 10.0 Å². The normalized spacial score (nSPS) is 19.5. The maximum absolute atomic E-state index is 13.1. The highest BCUT2D eigenvalue weighted by atomic mass is 32.2. The summed E-state index contributed by atoms with van der Waals surface area (Å²) in [5, 5.41) is 0. The van der Waals surface area contributed by atoms with Gasteiger partial charge in [0, 0.05) is 32.1 Å². The first kappa shape index (κ1) is 22.0. The molecule has 1 amide bonds. The standard InChI is InChI=1S/C25H32N2O3S/c1-19-8-9-24(18-20(19)2)31(29,30)27-16-12-23(13-17-27)25(28)26-14-10-22(11-15-26)21-6-4-3-5-7-21/h3-9,18,22-23H,10-17H2,1-2H3. The molecule has 5 nitrogen and oxygen atoms in total. The Morgan fingerprint density at radius 3 is 2.10 bits per heavy atom. The Morgan fingerprint density at radius 2 is 1.48 bits per heavy atom. The van der Waals surface area contributed by atoms with E-state index in [1.807, 2.05) is 30.9 Å². The average Bonchev–Trinajstić information content (AvgIpc) is 2.81. The third kappa shape index (κ3) is 4.70. The third-order valence-electron chi connectivity index (χ3n) is 7.00. The Labute approximate surface area is 186 Å². The molecule has 0 radical (unpaired) electrons. The summed E-state index contributed by atoms with van der Waals surface area (Å²) >= 11 is 0. The summed E-state index contributed by atoms with van der Waals surface area (Å²) in [7, 11) is -3.50. The minimum Gasteiger partial charge on any atom is -0.342 e. The van der Waals surface area contributed by atoms with Crippen LogP contribution >= 0.6 is 0 Å². The number of carbonyl (C=O) groups is 1. The lowest BCUT2D eigenvalue weighted by Gasteiger charge is -2.37. The molecule has 0 atom stereocenters. The molecule has 0 aliphatic carbocycles. The molecule has 0 N–H and O–H groups in total. The van der Waals surface area contributed by atoms with E-state index in [-0.39, 0.29) is 11.8 Å². The SMILES string of the molecule is Cc1ccc(S(=O)(=O)N2CCC(C(=O)N3CCC(c4ccccc4)CC3)CC2)cc1C. The largest absolute Gasteiger partial charge is 0.342 e. The van der Waals surface area contributed by atoms with Crippen molar-refractivity contribution in [1.29, 1.82) is 0 Å². The minimum absolute atomic E-state index is 0.0699. The predicted octanol–water partition coefficient (Wildman–Crippen LogP) is 4.11. The van der Waals surface area contributed by atoms with Crippen LogP contribution in [-0.2, 0) is 14.8 Å². The minimum atomic E-state index is -3.50. The molecule has 2 fully saturated rings. The number of sulfonamides is 1. The number of nitrogens with zero attached hydrogens (tertiary/aromatic N) is 2. The summed E-state index contributed by atoms with van der Waals surface area (Å²) in [6.07, 6.45) is 3.19. The van der Waals surface area contributed by atoms with E-state index in [2.05, 4.69) is 24.3 Å². The first-order valence-corrected chi connectivity index (χ1v) is 12.7. The van der Waals surface area contributed by atoms with Crippen LogP contribution in [0.1, 0.15) is 48.3 Å². The van der Waals surface area contributed by atoms with Gasteiger partial charge in [0.2, 0.25) is 15.9 Å². The quantitative estimate of drug-likeness (QED) is 0.719. The molecular weight excluding hydrogens is 408 g/mol. The number of carbonyl (C=O) groups excluding carboxylic acids is 1. The molecule has 31 heavy (non-hydrogen) atoms. The monoisotopic (exact) mass is 440 g/mol. The Balaban J connectivity index is 1.32. The second-order valence-corrected chi connectivity index (χ2v) is 10.9. The lowest BCUT2D eigenvalue weighted by Crippen LogP contribution is -2.46. The van der Waals surface area contributed by atoms with E-state index in [1.165, 1.54) is 5.56 Å². The highest BCUT2D eigenvalue weighted by Crippen LogP contribution is 2.31. The van der Waals surface area contributed by atoms with Gasteiger partial charge >= 0.3 is 0 Å². The highest BCUT2D eigenvalue weighted by Gasteiger charge is 2.35. The van der Waals surface area contributed by atoms with Crippen molar-refractivity contribution in [2.75, 3.05) is 26.2 Å². The molecule has 2 aromatic rings. The molecule has 0 saturated carbocycles. The van der Waals surface area contributed by atoms with Crippen molar-refractivity contribution in [2.24, 2.45) is 5.92 Å². The van der Waals surface area contributed by atoms with Crippen molar-refractivity contribution in [1.82, 2.24) is 9.21 Å². The zero-order chi connectivity index (χ0) is 22.0. The van der Waals surface area contributed by atoms with Crippen molar-refractivity contribution >= 4 is 15.9 Å². The van der Waals surface area contributed by atoms with Crippen molar-refractivity contribution in [3.8, 4) is 0 Å². The molecule has 4 rings (SSSR count). The number of hydrogen-bond donors (Lipinski definition) is 0. The van der Waals surface area contributed by atoms with Crippen LogP contribution in [-0.4, -0.2) is 49.7 Å². The van der Waals surface area contributed by atoms with Crippen molar-refractivity contribution < 1.29 is 13.2 Å². The van der Waals surface area contributed by atoms with Gasteiger partial charge in [0.25, 0.3) is 0 Å². The second-order valence-electron chi connectivity index (χ2n) is 8.93. The van der Waals surface area contributed by atoms with Gasteiger partial charge in [-0.15, -0.1) is 0 Å². The van der Waals surface area contributed by atoms with Gasteiger partial charge in [0.15, 0.2) is 0 Å². The first-order valence-electron chi connectivity index (χ1n) is 11.3. The number of rotatable bonds is 4. The van der Waals surface area contributed by atoms with Gasteiger partial charge in [0.1, 0.15) is 0 Å². The Morgan fingerprint density at radius 1 is 0.839 bits per heavy atom. The van der Waals surface area contributed by atoms with Crippen molar-refractivity contribution in [3.05, 3.63) is 65.2 Å². The van der Waals surface area contributed by atoms with Crippen LogP contribution in [0.4, 0.5) is 0 Å². The van der Waals surface area contributed by atoms with Gasteiger partial charge in [-0.1, -0.05) is 36.4 Å². The number of amides is 1. The third-order valence-corrected chi connectivity index (χ3v) is 8.89. The lowest BCUT2D eigenvalue weighted by atomic mass is 9.88. The van der Waals surface area contributed by atoms with Gasteiger partial charge in [-0.05, 0) is 74.3 Å². The lowest BCUT2D eigenvalue weighted by molar-refractivity contribution is -0.137. The van der Waals surface area contributed by atoms with E-state index in [9.17, 15) is 13.2 Å². The molecule has 0 bridgehead atoms. The van der Waals surface area contributed by atoms with Crippen molar-refractivity contribution in [2.45, 2.75) is 50.3 Å². The van der Waals surface area contributed by atoms with Crippen LogP contribution < -0.4 is 0 Å². The number of aryl methyl sites for hydroxylation is 2. The topological polar surface area (TPSA) is 57.7 Å². The van der Waals surface area contributed by atoms with Crippen LogP contribution in [0.5, 0.6) is 0 Å². The Hall–Kier alpha value is -2.18. The zero-order valence-corrected chi connectivity index (χ0v) is 19.3. The summed E-state index contributed by atoms with van der Waals surface area (Å²) in [4.78, 5) is 15.4. The molecular formula is C25H32N2O3S. The molecule has 2 heterocycles. The molecule has 2 aliphatic heterocycles. The number of benzene rings is 2. The highest BCUT2D eigenvalue weighted by molar-refractivity contribution is 7.89. The van der Waals surface area contributed by atoms with Gasteiger partial charge in [0.05, 0.1) is 4.90 Å².